The number of ether oxygens (including phenoxy) is 1. The van der Waals surface area contributed by atoms with E-state index in [0.29, 0.717) is 6.61 Å². The van der Waals surface area contributed by atoms with Gasteiger partial charge in [0, 0.05) is 26.6 Å². The Bertz CT molecular complexity index is 599. The van der Waals surface area contributed by atoms with E-state index in [4.69, 9.17) is 4.74 Å². The van der Waals surface area contributed by atoms with Crippen LogP contribution < -0.4 is 10.1 Å². The molecule has 20 heavy (non-hydrogen) atoms. The molecule has 2 aromatic rings. The van der Waals surface area contributed by atoms with Gasteiger partial charge in [-0.15, -0.1) is 0 Å². The number of aryl methyl sites for hydroxylation is 1. The first-order valence-corrected chi connectivity index (χ1v) is 8.00. The van der Waals surface area contributed by atoms with Gasteiger partial charge in [-0.25, -0.2) is 0 Å². The fourth-order valence-electron chi connectivity index (χ4n) is 2.09. The lowest BCUT2D eigenvalue weighted by molar-refractivity contribution is 0.299. The van der Waals surface area contributed by atoms with E-state index in [9.17, 15) is 0 Å². The van der Waals surface area contributed by atoms with E-state index < -0.39 is 0 Å². The van der Waals surface area contributed by atoms with Gasteiger partial charge in [0.1, 0.15) is 12.4 Å². The number of hydrogen-bond acceptors (Lipinski definition) is 2. The average molecular weight is 399 g/mol. The summed E-state index contributed by atoms with van der Waals surface area (Å²) in [6, 6.07) is 12.3. The largest absolute Gasteiger partial charge is 0.488 e. The van der Waals surface area contributed by atoms with Crippen LogP contribution in [0.25, 0.3) is 0 Å². The zero-order valence-corrected chi connectivity index (χ0v) is 14.7. The third-order valence-corrected chi connectivity index (χ3v) is 4.24. The predicted molar refractivity (Wildman–Crippen MR) is 90.1 cm³/mol. The topological polar surface area (TPSA) is 21.3 Å². The summed E-state index contributed by atoms with van der Waals surface area (Å²) in [5, 5.41) is 3.18. The lowest BCUT2D eigenvalue weighted by Crippen LogP contribution is -2.09. The minimum Gasteiger partial charge on any atom is -0.488 e. The zero-order chi connectivity index (χ0) is 14.5. The Hall–Kier alpha value is -0.840. The summed E-state index contributed by atoms with van der Waals surface area (Å²) in [5.74, 6) is 0.957. The number of hydrogen-bond donors (Lipinski definition) is 1. The fourth-order valence-corrected chi connectivity index (χ4v) is 3.11. The molecule has 0 amide bonds. The molecule has 0 aliphatic carbocycles. The maximum absolute atomic E-state index is 6.05. The molecule has 0 radical (unpaired) electrons. The van der Waals surface area contributed by atoms with Crippen molar-refractivity contribution in [1.82, 2.24) is 5.32 Å². The van der Waals surface area contributed by atoms with Crippen LogP contribution in [0.4, 0.5) is 0 Å². The third-order valence-electron chi connectivity index (χ3n) is 3.01. The Labute approximate surface area is 136 Å². The van der Waals surface area contributed by atoms with Crippen molar-refractivity contribution < 1.29 is 4.74 Å². The summed E-state index contributed by atoms with van der Waals surface area (Å²) in [7, 11) is 1.94. The second-order valence-corrected chi connectivity index (χ2v) is 6.39. The third kappa shape index (κ3) is 3.84. The molecule has 106 valence electrons. The maximum Gasteiger partial charge on any atom is 0.127 e. The van der Waals surface area contributed by atoms with E-state index in [1.807, 2.05) is 25.2 Å². The highest BCUT2D eigenvalue weighted by molar-refractivity contribution is 9.10. The van der Waals surface area contributed by atoms with Crippen molar-refractivity contribution in [3.63, 3.8) is 0 Å². The van der Waals surface area contributed by atoms with Crippen LogP contribution in [0.15, 0.2) is 45.3 Å². The first kappa shape index (κ1) is 15.5. The molecule has 0 saturated heterocycles. The van der Waals surface area contributed by atoms with Crippen LogP contribution in [0.3, 0.4) is 0 Å². The molecule has 0 fully saturated rings. The van der Waals surface area contributed by atoms with Crippen LogP contribution in [-0.4, -0.2) is 7.05 Å². The van der Waals surface area contributed by atoms with Gasteiger partial charge in [0.05, 0.1) is 0 Å². The highest BCUT2D eigenvalue weighted by atomic mass is 79.9. The lowest BCUT2D eigenvalue weighted by Gasteiger charge is -2.15. The van der Waals surface area contributed by atoms with Crippen molar-refractivity contribution in [1.29, 1.82) is 0 Å². The van der Waals surface area contributed by atoms with Crippen molar-refractivity contribution >= 4 is 31.9 Å². The molecule has 0 heterocycles. The van der Waals surface area contributed by atoms with Gasteiger partial charge in [-0.2, -0.15) is 0 Å². The van der Waals surface area contributed by atoms with Crippen molar-refractivity contribution in [2.45, 2.75) is 20.1 Å². The molecule has 0 saturated carbocycles. The quantitative estimate of drug-likeness (QED) is 0.779. The van der Waals surface area contributed by atoms with E-state index in [1.165, 1.54) is 0 Å². The predicted octanol–water partition coefficient (Wildman–Crippen LogP) is 4.82. The van der Waals surface area contributed by atoms with Gasteiger partial charge >= 0.3 is 0 Å². The van der Waals surface area contributed by atoms with Gasteiger partial charge < -0.3 is 10.1 Å². The van der Waals surface area contributed by atoms with E-state index in [0.717, 1.165) is 37.9 Å². The maximum atomic E-state index is 6.05. The normalized spacial score (nSPS) is 10.6. The van der Waals surface area contributed by atoms with Gasteiger partial charge in [-0.05, 0) is 37.7 Å². The molecular formula is C16H17Br2NO. The molecule has 2 nitrogen and oxygen atoms in total. The molecule has 2 rings (SSSR count). The summed E-state index contributed by atoms with van der Waals surface area (Å²) in [6.45, 7) is 3.41. The SMILES string of the molecule is CNCc1cc(Br)cc(C)c1OCc1ccccc1Br. The average Bonchev–Trinajstić information content (AvgIpc) is 2.40. The molecule has 0 atom stereocenters. The second kappa shape index (κ2) is 7.25. The van der Waals surface area contributed by atoms with Gasteiger partial charge in [-0.1, -0.05) is 50.1 Å². The highest BCUT2D eigenvalue weighted by Gasteiger charge is 2.09. The smallest absolute Gasteiger partial charge is 0.127 e. The summed E-state index contributed by atoms with van der Waals surface area (Å²) in [6.07, 6.45) is 0. The molecule has 0 spiro atoms. The van der Waals surface area contributed by atoms with Gasteiger partial charge in [0.25, 0.3) is 0 Å². The first-order chi connectivity index (χ1) is 9.61. The van der Waals surface area contributed by atoms with Gasteiger partial charge in [0.15, 0.2) is 0 Å². The summed E-state index contributed by atoms with van der Waals surface area (Å²) in [5.41, 5.74) is 3.44. The van der Waals surface area contributed by atoms with Crippen LogP contribution in [0, 0.1) is 6.92 Å². The first-order valence-electron chi connectivity index (χ1n) is 6.41. The summed E-state index contributed by atoms with van der Waals surface area (Å²) in [4.78, 5) is 0. The summed E-state index contributed by atoms with van der Waals surface area (Å²) >= 11 is 7.08. The molecule has 0 unspecified atom stereocenters. The minimum absolute atomic E-state index is 0.556. The van der Waals surface area contributed by atoms with Crippen LogP contribution in [0.2, 0.25) is 0 Å². The molecule has 0 bridgehead atoms. The Morgan fingerprint density at radius 1 is 1.10 bits per heavy atom. The van der Waals surface area contributed by atoms with E-state index >= 15 is 0 Å². The molecule has 0 aliphatic heterocycles. The van der Waals surface area contributed by atoms with Gasteiger partial charge in [0.2, 0.25) is 0 Å². The molecule has 0 aliphatic rings. The molecule has 2 aromatic carbocycles. The van der Waals surface area contributed by atoms with Crippen LogP contribution >= 0.6 is 31.9 Å². The van der Waals surface area contributed by atoms with Crippen molar-refractivity contribution in [3.05, 3.63) is 62.0 Å². The fraction of sp³-hybridized carbons (Fsp3) is 0.250. The minimum atomic E-state index is 0.556. The second-order valence-electron chi connectivity index (χ2n) is 4.62. The highest BCUT2D eigenvalue weighted by Crippen LogP contribution is 2.29. The van der Waals surface area contributed by atoms with E-state index in [-0.39, 0.29) is 0 Å². The number of halogens is 2. The molecule has 0 aromatic heterocycles. The standard InChI is InChI=1S/C16H17Br2NO/c1-11-7-14(17)8-13(9-19-2)16(11)20-10-12-5-3-4-6-15(12)18/h3-8,19H,9-10H2,1-2H3. The molecule has 4 heteroatoms. The van der Waals surface area contributed by atoms with Gasteiger partial charge in [-0.3, -0.25) is 0 Å². The molecular weight excluding hydrogens is 382 g/mol. The Morgan fingerprint density at radius 3 is 2.55 bits per heavy atom. The zero-order valence-electron chi connectivity index (χ0n) is 11.5. The Morgan fingerprint density at radius 2 is 1.85 bits per heavy atom. The van der Waals surface area contributed by atoms with Crippen LogP contribution in [0.1, 0.15) is 16.7 Å². The monoisotopic (exact) mass is 397 g/mol. The van der Waals surface area contributed by atoms with Crippen LogP contribution in [-0.2, 0) is 13.2 Å². The number of nitrogens with one attached hydrogen (secondary N) is 1. The van der Waals surface area contributed by atoms with Crippen molar-refractivity contribution in [2.75, 3.05) is 7.05 Å². The van der Waals surface area contributed by atoms with E-state index in [2.05, 4.69) is 62.3 Å². The Balaban J connectivity index is 2.22. The lowest BCUT2D eigenvalue weighted by atomic mass is 10.1. The Kier molecular flexibility index (Phi) is 5.64. The van der Waals surface area contributed by atoms with E-state index in [1.54, 1.807) is 0 Å². The molecule has 1 N–H and O–H groups in total. The summed E-state index contributed by atoms with van der Waals surface area (Å²) < 4.78 is 8.20. The number of benzene rings is 2. The van der Waals surface area contributed by atoms with Crippen molar-refractivity contribution in [3.8, 4) is 5.75 Å². The van der Waals surface area contributed by atoms with Crippen LogP contribution in [0.5, 0.6) is 5.75 Å². The van der Waals surface area contributed by atoms with Crippen molar-refractivity contribution in [2.24, 2.45) is 0 Å². The number of rotatable bonds is 5.